The summed E-state index contributed by atoms with van der Waals surface area (Å²) < 4.78 is 13.1. The van der Waals surface area contributed by atoms with Gasteiger partial charge < -0.3 is 4.90 Å². The summed E-state index contributed by atoms with van der Waals surface area (Å²) in [5.41, 5.74) is 1.83. The Balaban J connectivity index is 2.44. The zero-order valence-electron chi connectivity index (χ0n) is 9.66. The summed E-state index contributed by atoms with van der Waals surface area (Å²) in [5, 5.41) is 0. The van der Waals surface area contributed by atoms with Crippen LogP contribution in [0.5, 0.6) is 0 Å². The maximum absolute atomic E-state index is 13.1. The number of anilines is 1. The molecule has 1 amide bonds. The molecular weight excluding hydrogens is 205 g/mol. The summed E-state index contributed by atoms with van der Waals surface area (Å²) in [5.74, 6) is -0.114. The van der Waals surface area contributed by atoms with Gasteiger partial charge in [-0.3, -0.25) is 4.79 Å². The number of halogens is 1. The fourth-order valence-corrected chi connectivity index (χ4v) is 2.27. The van der Waals surface area contributed by atoms with Crippen LogP contribution in [0.3, 0.4) is 0 Å². The average Bonchev–Trinajstić information content (AvgIpc) is 2.28. The van der Waals surface area contributed by atoms with Gasteiger partial charge in [-0.2, -0.15) is 0 Å². The number of nitrogens with zero attached hydrogens (tertiary/aromatic N) is 1. The number of fused-ring (bicyclic) bond motifs is 1. The number of aryl methyl sites for hydroxylation is 1. The molecule has 0 unspecified atom stereocenters. The van der Waals surface area contributed by atoms with E-state index in [0.717, 1.165) is 24.1 Å². The highest BCUT2D eigenvalue weighted by molar-refractivity contribution is 5.94. The van der Waals surface area contributed by atoms with E-state index < -0.39 is 0 Å². The molecule has 2 nitrogen and oxygen atoms in total. The molecule has 1 aliphatic rings. The quantitative estimate of drug-likeness (QED) is 0.714. The topological polar surface area (TPSA) is 20.3 Å². The smallest absolute Gasteiger partial charge is 0.226 e. The van der Waals surface area contributed by atoms with E-state index in [4.69, 9.17) is 0 Å². The lowest BCUT2D eigenvalue weighted by atomic mass is 9.96. The Hall–Kier alpha value is -1.38. The van der Waals surface area contributed by atoms with Crippen molar-refractivity contribution in [3.8, 4) is 0 Å². The van der Waals surface area contributed by atoms with Gasteiger partial charge >= 0.3 is 0 Å². The maximum atomic E-state index is 13.1. The van der Waals surface area contributed by atoms with Crippen LogP contribution in [-0.2, 0) is 11.2 Å². The first-order chi connectivity index (χ1) is 7.63. The van der Waals surface area contributed by atoms with Crippen LogP contribution in [0.4, 0.5) is 10.1 Å². The summed E-state index contributed by atoms with van der Waals surface area (Å²) in [6.45, 7) is 3.90. The zero-order chi connectivity index (χ0) is 11.7. The standard InChI is InChI=1S/C13H16FNO/c1-3-13(16)15-9(2)4-5-10-8-11(14)6-7-12(10)15/h6-9H,3-5H2,1-2H3/t9-/m0/s1. The van der Waals surface area contributed by atoms with E-state index in [1.807, 2.05) is 13.8 Å². The van der Waals surface area contributed by atoms with Crippen molar-refractivity contribution in [2.75, 3.05) is 4.90 Å². The molecule has 1 heterocycles. The predicted octanol–water partition coefficient (Wildman–Crippen LogP) is 2.90. The van der Waals surface area contributed by atoms with Gasteiger partial charge in [0.15, 0.2) is 0 Å². The largest absolute Gasteiger partial charge is 0.309 e. The van der Waals surface area contributed by atoms with Crippen molar-refractivity contribution in [2.45, 2.75) is 39.2 Å². The van der Waals surface area contributed by atoms with E-state index in [-0.39, 0.29) is 17.8 Å². The summed E-state index contributed by atoms with van der Waals surface area (Å²) in [7, 11) is 0. The lowest BCUT2D eigenvalue weighted by Gasteiger charge is -2.35. The molecule has 86 valence electrons. The molecule has 1 aromatic carbocycles. The Kier molecular flexibility index (Phi) is 2.95. The van der Waals surface area contributed by atoms with E-state index in [0.29, 0.717) is 6.42 Å². The lowest BCUT2D eigenvalue weighted by molar-refractivity contribution is -0.118. The molecule has 0 N–H and O–H groups in total. The number of hydrogen-bond acceptors (Lipinski definition) is 1. The van der Waals surface area contributed by atoms with Gasteiger partial charge in [0.2, 0.25) is 5.91 Å². The number of rotatable bonds is 1. The molecule has 0 saturated heterocycles. The first kappa shape index (κ1) is 11.1. The molecule has 0 radical (unpaired) electrons. The minimum absolute atomic E-state index is 0.111. The van der Waals surface area contributed by atoms with Crippen molar-refractivity contribution in [1.82, 2.24) is 0 Å². The van der Waals surface area contributed by atoms with Gasteiger partial charge in [-0.25, -0.2) is 4.39 Å². The molecule has 16 heavy (non-hydrogen) atoms. The van der Waals surface area contributed by atoms with Crippen molar-refractivity contribution in [2.24, 2.45) is 0 Å². The van der Waals surface area contributed by atoms with E-state index in [2.05, 4.69) is 0 Å². The van der Waals surface area contributed by atoms with E-state index in [1.54, 1.807) is 11.0 Å². The average molecular weight is 221 g/mol. The highest BCUT2D eigenvalue weighted by atomic mass is 19.1. The zero-order valence-corrected chi connectivity index (χ0v) is 9.66. The number of hydrogen-bond donors (Lipinski definition) is 0. The first-order valence-corrected chi connectivity index (χ1v) is 5.74. The van der Waals surface area contributed by atoms with Crippen LogP contribution in [0.1, 0.15) is 32.3 Å². The Morgan fingerprint density at radius 1 is 1.56 bits per heavy atom. The van der Waals surface area contributed by atoms with Crippen molar-refractivity contribution in [3.05, 3.63) is 29.6 Å². The molecule has 1 aromatic rings. The molecule has 0 saturated carbocycles. The summed E-state index contributed by atoms with van der Waals surface area (Å²) in [6.07, 6.45) is 2.24. The minimum Gasteiger partial charge on any atom is -0.309 e. The second-order valence-electron chi connectivity index (χ2n) is 4.28. The van der Waals surface area contributed by atoms with Crippen molar-refractivity contribution >= 4 is 11.6 Å². The Morgan fingerprint density at radius 3 is 3.00 bits per heavy atom. The fraction of sp³-hybridized carbons (Fsp3) is 0.462. The number of carbonyl (C=O) groups excluding carboxylic acids is 1. The lowest BCUT2D eigenvalue weighted by Crippen LogP contribution is -2.41. The third-order valence-corrected chi connectivity index (χ3v) is 3.14. The molecule has 1 atom stereocenters. The van der Waals surface area contributed by atoms with Gasteiger partial charge in [0.05, 0.1) is 0 Å². The van der Waals surface area contributed by atoms with Crippen LogP contribution in [0.2, 0.25) is 0 Å². The van der Waals surface area contributed by atoms with Crippen LogP contribution in [-0.4, -0.2) is 11.9 Å². The monoisotopic (exact) mass is 221 g/mol. The van der Waals surface area contributed by atoms with Gasteiger partial charge in [0.25, 0.3) is 0 Å². The number of amides is 1. The van der Waals surface area contributed by atoms with Crippen LogP contribution < -0.4 is 4.90 Å². The summed E-state index contributed by atoms with van der Waals surface area (Å²) in [6, 6.07) is 4.89. The predicted molar refractivity (Wildman–Crippen MR) is 62.0 cm³/mol. The SMILES string of the molecule is CCC(=O)N1c2ccc(F)cc2CC[C@@H]1C. The van der Waals surface area contributed by atoms with E-state index in [9.17, 15) is 9.18 Å². The van der Waals surface area contributed by atoms with Gasteiger partial charge in [-0.05, 0) is 43.5 Å². The first-order valence-electron chi connectivity index (χ1n) is 5.74. The Morgan fingerprint density at radius 2 is 2.31 bits per heavy atom. The van der Waals surface area contributed by atoms with Gasteiger partial charge in [-0.1, -0.05) is 6.92 Å². The van der Waals surface area contributed by atoms with Crippen LogP contribution in [0.15, 0.2) is 18.2 Å². The second-order valence-corrected chi connectivity index (χ2v) is 4.28. The molecule has 3 heteroatoms. The normalized spacial score (nSPS) is 19.4. The summed E-state index contributed by atoms with van der Waals surface area (Å²) >= 11 is 0. The molecule has 0 aliphatic carbocycles. The van der Waals surface area contributed by atoms with Crippen molar-refractivity contribution in [1.29, 1.82) is 0 Å². The summed E-state index contributed by atoms with van der Waals surface area (Å²) in [4.78, 5) is 13.7. The van der Waals surface area contributed by atoms with Gasteiger partial charge in [-0.15, -0.1) is 0 Å². The molecule has 2 rings (SSSR count). The van der Waals surface area contributed by atoms with Crippen molar-refractivity contribution in [3.63, 3.8) is 0 Å². The highest BCUT2D eigenvalue weighted by Gasteiger charge is 2.27. The van der Waals surface area contributed by atoms with E-state index in [1.165, 1.54) is 12.1 Å². The van der Waals surface area contributed by atoms with Gasteiger partial charge in [0, 0.05) is 18.2 Å². The fourth-order valence-electron chi connectivity index (χ4n) is 2.27. The van der Waals surface area contributed by atoms with E-state index >= 15 is 0 Å². The highest BCUT2D eigenvalue weighted by Crippen LogP contribution is 2.31. The van der Waals surface area contributed by atoms with Crippen LogP contribution in [0.25, 0.3) is 0 Å². The van der Waals surface area contributed by atoms with Gasteiger partial charge in [0.1, 0.15) is 5.82 Å². The second kappa shape index (κ2) is 4.24. The molecule has 0 bridgehead atoms. The number of benzene rings is 1. The molecular formula is C13H16FNO. The molecule has 1 aliphatic heterocycles. The molecule has 0 spiro atoms. The Labute approximate surface area is 95.1 Å². The number of carbonyl (C=O) groups is 1. The van der Waals surface area contributed by atoms with Crippen LogP contribution >= 0.6 is 0 Å². The van der Waals surface area contributed by atoms with Crippen LogP contribution in [0, 0.1) is 5.82 Å². The third-order valence-electron chi connectivity index (χ3n) is 3.14. The Bertz CT molecular complexity index is 416. The molecule has 0 aromatic heterocycles. The third kappa shape index (κ3) is 1.82. The maximum Gasteiger partial charge on any atom is 0.226 e. The van der Waals surface area contributed by atoms with Crippen molar-refractivity contribution < 1.29 is 9.18 Å². The molecule has 0 fully saturated rings. The minimum atomic E-state index is -0.225.